The van der Waals surface area contributed by atoms with Crippen molar-refractivity contribution in [1.82, 2.24) is 5.32 Å². The van der Waals surface area contributed by atoms with E-state index in [1.54, 1.807) is 19.1 Å². The Labute approximate surface area is 105 Å². The van der Waals surface area contributed by atoms with E-state index in [1.807, 2.05) is 0 Å². The van der Waals surface area contributed by atoms with E-state index in [2.05, 4.69) is 15.3 Å². The second kappa shape index (κ2) is 6.39. The van der Waals surface area contributed by atoms with Gasteiger partial charge < -0.3 is 15.9 Å². The summed E-state index contributed by atoms with van der Waals surface area (Å²) in [6, 6.07) is 6.03. The van der Waals surface area contributed by atoms with Crippen LogP contribution in [0.1, 0.15) is 27.6 Å². The van der Waals surface area contributed by atoms with Gasteiger partial charge >= 0.3 is 0 Å². The summed E-state index contributed by atoms with van der Waals surface area (Å²) in [4.78, 5) is 27.6. The van der Waals surface area contributed by atoms with E-state index in [4.69, 9.17) is 5.73 Å². The summed E-state index contributed by atoms with van der Waals surface area (Å²) in [5, 5.41) is 6.19. The van der Waals surface area contributed by atoms with Crippen molar-refractivity contribution in [2.24, 2.45) is 10.9 Å². The molecule has 0 heterocycles. The number of amides is 2. The summed E-state index contributed by atoms with van der Waals surface area (Å²) in [5.41, 5.74) is 5.62. The predicted molar refractivity (Wildman–Crippen MR) is 67.4 cm³/mol. The zero-order valence-corrected chi connectivity index (χ0v) is 10.2. The maximum atomic E-state index is 11.9. The van der Waals surface area contributed by atoms with Crippen LogP contribution in [0.15, 0.2) is 29.4 Å². The lowest BCUT2D eigenvalue weighted by atomic mass is 10.1. The minimum Gasteiger partial charge on any atom is -0.399 e. The molecule has 3 N–H and O–H groups in total. The highest BCUT2D eigenvalue weighted by Gasteiger charge is 2.15. The van der Waals surface area contributed by atoms with Crippen molar-refractivity contribution in [3.8, 4) is 0 Å². The van der Waals surface area contributed by atoms with Crippen LogP contribution in [-0.2, 0) is 4.84 Å². The van der Waals surface area contributed by atoms with Gasteiger partial charge in [-0.1, -0.05) is 17.3 Å². The summed E-state index contributed by atoms with van der Waals surface area (Å²) in [5.74, 6) is -1.03. The van der Waals surface area contributed by atoms with Crippen LogP contribution in [0.4, 0.5) is 0 Å². The molecule has 1 aromatic carbocycles. The van der Waals surface area contributed by atoms with Gasteiger partial charge in [-0.15, -0.1) is 0 Å². The SMILES string of the molecule is CON=CC(C)NC(=O)c1ccccc1C(N)=O. The van der Waals surface area contributed by atoms with Crippen molar-refractivity contribution in [2.75, 3.05) is 7.11 Å². The van der Waals surface area contributed by atoms with Crippen LogP contribution in [0.5, 0.6) is 0 Å². The first-order valence-electron chi connectivity index (χ1n) is 5.32. The van der Waals surface area contributed by atoms with Crippen molar-refractivity contribution in [1.29, 1.82) is 0 Å². The zero-order chi connectivity index (χ0) is 13.5. The number of nitrogens with one attached hydrogen (secondary N) is 1. The van der Waals surface area contributed by atoms with Crippen LogP contribution < -0.4 is 11.1 Å². The molecule has 1 aromatic rings. The highest BCUT2D eigenvalue weighted by molar-refractivity contribution is 6.07. The maximum absolute atomic E-state index is 11.9. The minimum atomic E-state index is -0.640. The first-order chi connectivity index (χ1) is 8.56. The number of primary amides is 1. The molecule has 0 aliphatic carbocycles. The number of carbonyl (C=O) groups excluding carboxylic acids is 2. The van der Waals surface area contributed by atoms with Crippen molar-refractivity contribution < 1.29 is 14.4 Å². The average molecular weight is 249 g/mol. The molecule has 0 aromatic heterocycles. The lowest BCUT2D eigenvalue weighted by molar-refractivity contribution is 0.0932. The molecule has 18 heavy (non-hydrogen) atoms. The molecule has 0 aliphatic rings. The fourth-order valence-electron chi connectivity index (χ4n) is 1.37. The van der Waals surface area contributed by atoms with Gasteiger partial charge in [0.15, 0.2) is 0 Å². The summed E-state index contributed by atoms with van der Waals surface area (Å²) in [7, 11) is 1.41. The van der Waals surface area contributed by atoms with Crippen LogP contribution in [0.2, 0.25) is 0 Å². The Bertz CT molecular complexity index is 471. The number of nitrogens with two attached hydrogens (primary N) is 1. The van der Waals surface area contributed by atoms with Crippen LogP contribution in [0.25, 0.3) is 0 Å². The van der Waals surface area contributed by atoms with Crippen LogP contribution in [-0.4, -0.2) is 31.2 Å². The molecule has 0 fully saturated rings. The van der Waals surface area contributed by atoms with Crippen LogP contribution in [0.3, 0.4) is 0 Å². The molecular formula is C12H15N3O3. The molecule has 0 spiro atoms. The Morgan fingerprint density at radius 1 is 1.39 bits per heavy atom. The highest BCUT2D eigenvalue weighted by Crippen LogP contribution is 2.07. The number of benzene rings is 1. The molecule has 96 valence electrons. The van der Waals surface area contributed by atoms with E-state index in [0.717, 1.165) is 0 Å². The van der Waals surface area contributed by atoms with Gasteiger partial charge in [0.05, 0.1) is 23.4 Å². The topological polar surface area (TPSA) is 93.8 Å². The largest absolute Gasteiger partial charge is 0.399 e. The number of rotatable bonds is 5. The second-order valence-corrected chi connectivity index (χ2v) is 3.61. The Hall–Kier alpha value is -2.37. The maximum Gasteiger partial charge on any atom is 0.252 e. The molecule has 1 unspecified atom stereocenters. The van der Waals surface area contributed by atoms with Gasteiger partial charge in [0.2, 0.25) is 5.91 Å². The predicted octanol–water partition coefficient (Wildman–Crippen LogP) is 0.536. The second-order valence-electron chi connectivity index (χ2n) is 3.61. The van der Waals surface area contributed by atoms with E-state index >= 15 is 0 Å². The summed E-state index contributed by atoms with van der Waals surface area (Å²) >= 11 is 0. The molecule has 6 nitrogen and oxygen atoms in total. The minimum absolute atomic E-state index is 0.186. The van der Waals surface area contributed by atoms with E-state index in [0.29, 0.717) is 0 Å². The van der Waals surface area contributed by atoms with Crippen molar-refractivity contribution in [3.63, 3.8) is 0 Å². The highest BCUT2D eigenvalue weighted by atomic mass is 16.6. The Balaban J connectivity index is 2.84. The Kier molecular flexibility index (Phi) is 4.86. The third kappa shape index (κ3) is 3.58. The number of carbonyl (C=O) groups is 2. The fourth-order valence-corrected chi connectivity index (χ4v) is 1.37. The molecule has 1 rings (SSSR count). The average Bonchev–Trinajstić information content (AvgIpc) is 2.36. The molecule has 0 aliphatic heterocycles. The van der Waals surface area contributed by atoms with Gasteiger partial charge in [0.25, 0.3) is 5.91 Å². The third-order valence-electron chi connectivity index (χ3n) is 2.19. The first-order valence-corrected chi connectivity index (χ1v) is 5.32. The zero-order valence-electron chi connectivity index (χ0n) is 10.2. The summed E-state index contributed by atoms with van der Waals surface area (Å²) < 4.78 is 0. The van der Waals surface area contributed by atoms with Gasteiger partial charge in [-0.05, 0) is 19.1 Å². The molecule has 1 atom stereocenters. The number of hydrogen-bond donors (Lipinski definition) is 2. The van der Waals surface area contributed by atoms with Gasteiger partial charge in [0, 0.05) is 0 Å². The molecule has 0 saturated carbocycles. The third-order valence-corrected chi connectivity index (χ3v) is 2.19. The number of hydrogen-bond acceptors (Lipinski definition) is 4. The number of oxime groups is 1. The van der Waals surface area contributed by atoms with E-state index in [9.17, 15) is 9.59 Å². The molecular weight excluding hydrogens is 234 g/mol. The first kappa shape index (κ1) is 13.7. The number of nitrogens with zero attached hydrogens (tertiary/aromatic N) is 1. The molecule has 0 saturated heterocycles. The van der Waals surface area contributed by atoms with Crippen LogP contribution in [0, 0.1) is 0 Å². The van der Waals surface area contributed by atoms with Crippen molar-refractivity contribution in [2.45, 2.75) is 13.0 Å². The lowest BCUT2D eigenvalue weighted by Gasteiger charge is -2.10. The quantitative estimate of drug-likeness (QED) is 0.589. The summed E-state index contributed by atoms with van der Waals surface area (Å²) in [6.45, 7) is 1.73. The lowest BCUT2D eigenvalue weighted by Crippen LogP contribution is -2.35. The smallest absolute Gasteiger partial charge is 0.252 e. The normalized spacial score (nSPS) is 12.1. The van der Waals surface area contributed by atoms with Crippen molar-refractivity contribution >= 4 is 18.0 Å². The van der Waals surface area contributed by atoms with Gasteiger partial charge in [-0.3, -0.25) is 9.59 Å². The Morgan fingerprint density at radius 3 is 2.56 bits per heavy atom. The Morgan fingerprint density at radius 2 is 2.00 bits per heavy atom. The van der Waals surface area contributed by atoms with Crippen LogP contribution >= 0.6 is 0 Å². The molecule has 2 amide bonds. The molecule has 0 radical (unpaired) electrons. The van der Waals surface area contributed by atoms with E-state index < -0.39 is 5.91 Å². The monoisotopic (exact) mass is 249 g/mol. The van der Waals surface area contributed by atoms with E-state index in [1.165, 1.54) is 25.5 Å². The van der Waals surface area contributed by atoms with Gasteiger partial charge in [-0.25, -0.2) is 0 Å². The summed E-state index contributed by atoms with van der Waals surface area (Å²) in [6.07, 6.45) is 1.44. The molecule has 0 bridgehead atoms. The van der Waals surface area contributed by atoms with Gasteiger partial charge in [-0.2, -0.15) is 0 Å². The van der Waals surface area contributed by atoms with Gasteiger partial charge in [0.1, 0.15) is 7.11 Å². The fraction of sp³-hybridized carbons (Fsp3) is 0.250. The van der Waals surface area contributed by atoms with Crippen molar-refractivity contribution in [3.05, 3.63) is 35.4 Å². The standard InChI is InChI=1S/C12H15N3O3/c1-8(7-14-18-2)15-12(17)10-6-4-3-5-9(10)11(13)16/h3-8H,1-2H3,(H2,13,16)(H,15,17). The molecule has 6 heteroatoms. The van der Waals surface area contributed by atoms with E-state index in [-0.39, 0.29) is 23.1 Å².